The van der Waals surface area contributed by atoms with E-state index in [4.69, 9.17) is 4.74 Å². The van der Waals surface area contributed by atoms with Gasteiger partial charge in [-0.15, -0.1) is 0 Å². The first kappa shape index (κ1) is 18.1. The van der Waals surface area contributed by atoms with E-state index in [0.29, 0.717) is 11.4 Å². The lowest BCUT2D eigenvalue weighted by atomic mass is 10.3. The number of hydrogen-bond donors (Lipinski definition) is 1. The van der Waals surface area contributed by atoms with Crippen LogP contribution in [0.4, 0.5) is 5.69 Å². The monoisotopic (exact) mass is 461 g/mol. The molecule has 3 rings (SSSR count). The molecule has 0 fully saturated rings. The highest BCUT2D eigenvalue weighted by molar-refractivity contribution is 14.1. The first-order valence-electron chi connectivity index (χ1n) is 7.95. The van der Waals surface area contributed by atoms with E-state index in [2.05, 4.69) is 33.0 Å². The number of carbonyl (C=O) groups is 1. The lowest BCUT2D eigenvalue weighted by molar-refractivity contribution is 0.101. The molecular formula is C19H16IN3O3. The van der Waals surface area contributed by atoms with E-state index in [1.165, 1.54) is 16.8 Å². The number of anilines is 1. The Morgan fingerprint density at radius 3 is 2.50 bits per heavy atom. The van der Waals surface area contributed by atoms with E-state index < -0.39 is 0 Å². The Labute approximate surface area is 164 Å². The van der Waals surface area contributed by atoms with Gasteiger partial charge < -0.3 is 10.1 Å². The normalized spacial score (nSPS) is 10.3. The van der Waals surface area contributed by atoms with Crippen molar-refractivity contribution in [3.8, 4) is 5.75 Å². The van der Waals surface area contributed by atoms with Gasteiger partial charge in [0.05, 0.1) is 6.54 Å². The number of aromatic nitrogens is 2. The Balaban J connectivity index is 1.65. The van der Waals surface area contributed by atoms with Crippen molar-refractivity contribution in [1.82, 2.24) is 9.78 Å². The van der Waals surface area contributed by atoms with Gasteiger partial charge in [-0.05, 0) is 65.1 Å². The molecule has 0 saturated carbocycles. The zero-order valence-corrected chi connectivity index (χ0v) is 15.9. The van der Waals surface area contributed by atoms with Crippen LogP contribution in [0.3, 0.4) is 0 Å². The highest BCUT2D eigenvalue weighted by Crippen LogP contribution is 2.12. The van der Waals surface area contributed by atoms with Gasteiger partial charge in [-0.3, -0.25) is 9.59 Å². The quantitative estimate of drug-likeness (QED) is 0.573. The Morgan fingerprint density at radius 1 is 1.04 bits per heavy atom. The van der Waals surface area contributed by atoms with Crippen LogP contribution >= 0.6 is 22.6 Å². The fourth-order valence-corrected chi connectivity index (χ4v) is 2.58. The van der Waals surface area contributed by atoms with Crippen LogP contribution in [-0.4, -0.2) is 22.3 Å². The minimum Gasteiger partial charge on any atom is -0.492 e. The Hall–Kier alpha value is -2.68. The number of hydrogen-bond acceptors (Lipinski definition) is 4. The molecule has 132 valence electrons. The average Bonchev–Trinajstić information content (AvgIpc) is 2.66. The summed E-state index contributed by atoms with van der Waals surface area (Å²) in [4.78, 5) is 24.3. The van der Waals surface area contributed by atoms with Crippen LogP contribution in [0, 0.1) is 3.57 Å². The Morgan fingerprint density at radius 2 is 1.77 bits per heavy atom. The molecule has 2 aromatic carbocycles. The summed E-state index contributed by atoms with van der Waals surface area (Å²) in [5.41, 5.74) is 0.553. The third-order valence-corrected chi connectivity index (χ3v) is 4.24. The van der Waals surface area contributed by atoms with E-state index in [9.17, 15) is 9.59 Å². The summed E-state index contributed by atoms with van der Waals surface area (Å²) < 4.78 is 7.87. The van der Waals surface area contributed by atoms with Crippen molar-refractivity contribution in [3.63, 3.8) is 0 Å². The standard InChI is InChI=1S/C19H16IN3O3/c20-14-6-8-15(9-7-14)21-19(25)17-10-11-18(24)23(22-17)12-13-26-16-4-2-1-3-5-16/h1-11H,12-13H2,(H,21,25). The van der Waals surface area contributed by atoms with Crippen molar-refractivity contribution in [1.29, 1.82) is 0 Å². The molecule has 0 radical (unpaired) electrons. The van der Waals surface area contributed by atoms with Crippen LogP contribution in [0.25, 0.3) is 0 Å². The molecule has 1 heterocycles. The second kappa shape index (κ2) is 8.61. The second-order valence-electron chi connectivity index (χ2n) is 5.40. The molecular weight excluding hydrogens is 445 g/mol. The van der Waals surface area contributed by atoms with Crippen molar-refractivity contribution < 1.29 is 9.53 Å². The molecule has 0 saturated heterocycles. The zero-order chi connectivity index (χ0) is 18.4. The number of ether oxygens (including phenoxy) is 1. The fraction of sp³-hybridized carbons (Fsp3) is 0.105. The summed E-state index contributed by atoms with van der Waals surface area (Å²) in [6.07, 6.45) is 0. The van der Waals surface area contributed by atoms with E-state index in [1.807, 2.05) is 54.6 Å². The van der Waals surface area contributed by atoms with Gasteiger partial charge in [0.25, 0.3) is 11.5 Å². The maximum atomic E-state index is 12.3. The van der Waals surface area contributed by atoms with Crippen LogP contribution in [0.15, 0.2) is 71.5 Å². The number of benzene rings is 2. The average molecular weight is 461 g/mol. The van der Waals surface area contributed by atoms with Crippen LogP contribution in [0.2, 0.25) is 0 Å². The lowest BCUT2D eigenvalue weighted by Crippen LogP contribution is -2.28. The highest BCUT2D eigenvalue weighted by atomic mass is 127. The number of nitrogens with one attached hydrogen (secondary N) is 1. The summed E-state index contributed by atoms with van der Waals surface area (Å²) in [6.45, 7) is 0.525. The molecule has 0 bridgehead atoms. The number of para-hydroxylation sites is 1. The topological polar surface area (TPSA) is 73.2 Å². The second-order valence-corrected chi connectivity index (χ2v) is 6.65. The summed E-state index contributed by atoms with van der Waals surface area (Å²) >= 11 is 2.19. The van der Waals surface area contributed by atoms with Gasteiger partial charge in [-0.25, -0.2) is 4.68 Å². The summed E-state index contributed by atoms with van der Waals surface area (Å²) in [5, 5.41) is 6.89. The van der Waals surface area contributed by atoms with Crippen LogP contribution in [0.5, 0.6) is 5.75 Å². The molecule has 6 nitrogen and oxygen atoms in total. The van der Waals surface area contributed by atoms with Crippen molar-refractivity contribution >= 4 is 34.2 Å². The SMILES string of the molecule is O=C(Nc1ccc(I)cc1)c1ccc(=O)n(CCOc2ccccc2)n1. The zero-order valence-electron chi connectivity index (χ0n) is 13.8. The molecule has 3 aromatic rings. The van der Waals surface area contributed by atoms with E-state index in [-0.39, 0.29) is 30.3 Å². The number of amides is 1. The van der Waals surface area contributed by atoms with Crippen LogP contribution in [-0.2, 0) is 6.54 Å². The van der Waals surface area contributed by atoms with Crippen molar-refractivity contribution in [2.45, 2.75) is 6.54 Å². The number of rotatable bonds is 6. The maximum Gasteiger partial charge on any atom is 0.276 e. The van der Waals surface area contributed by atoms with Crippen molar-refractivity contribution in [2.24, 2.45) is 0 Å². The largest absolute Gasteiger partial charge is 0.492 e. The Bertz CT molecular complexity index is 940. The van der Waals surface area contributed by atoms with Crippen LogP contribution in [0.1, 0.15) is 10.5 Å². The minimum atomic E-state index is -0.371. The van der Waals surface area contributed by atoms with Gasteiger partial charge >= 0.3 is 0 Å². The van der Waals surface area contributed by atoms with Gasteiger partial charge in [0.2, 0.25) is 0 Å². The summed E-state index contributed by atoms with van der Waals surface area (Å²) in [7, 11) is 0. The fourth-order valence-electron chi connectivity index (χ4n) is 2.23. The predicted octanol–water partition coefficient (Wildman–Crippen LogP) is 3.18. The van der Waals surface area contributed by atoms with E-state index >= 15 is 0 Å². The molecule has 0 atom stereocenters. The van der Waals surface area contributed by atoms with Gasteiger partial charge in [0.15, 0.2) is 0 Å². The van der Waals surface area contributed by atoms with Crippen molar-refractivity contribution in [2.75, 3.05) is 11.9 Å². The predicted molar refractivity (Wildman–Crippen MR) is 108 cm³/mol. The summed E-state index contributed by atoms with van der Waals surface area (Å²) in [5.74, 6) is 0.345. The third-order valence-electron chi connectivity index (χ3n) is 3.52. The molecule has 26 heavy (non-hydrogen) atoms. The Kier molecular flexibility index (Phi) is 6.00. The van der Waals surface area contributed by atoms with Crippen LogP contribution < -0.4 is 15.6 Å². The molecule has 0 aliphatic heterocycles. The molecule has 7 heteroatoms. The highest BCUT2D eigenvalue weighted by Gasteiger charge is 2.10. The van der Waals surface area contributed by atoms with Gasteiger partial charge in [0, 0.05) is 15.3 Å². The summed E-state index contributed by atoms with van der Waals surface area (Å²) in [6, 6.07) is 19.5. The first-order chi connectivity index (χ1) is 12.6. The molecule has 0 spiro atoms. The number of halogens is 1. The van der Waals surface area contributed by atoms with Gasteiger partial charge in [-0.1, -0.05) is 18.2 Å². The van der Waals surface area contributed by atoms with Crippen molar-refractivity contribution in [3.05, 3.63) is 86.3 Å². The molecule has 0 unspecified atom stereocenters. The van der Waals surface area contributed by atoms with E-state index in [1.54, 1.807) is 0 Å². The molecule has 0 aliphatic rings. The maximum absolute atomic E-state index is 12.3. The molecule has 1 aromatic heterocycles. The van der Waals surface area contributed by atoms with Gasteiger partial charge in [0.1, 0.15) is 18.1 Å². The first-order valence-corrected chi connectivity index (χ1v) is 9.02. The lowest BCUT2D eigenvalue weighted by Gasteiger charge is -2.09. The van der Waals surface area contributed by atoms with Gasteiger partial charge in [-0.2, -0.15) is 5.10 Å². The van der Waals surface area contributed by atoms with E-state index in [0.717, 1.165) is 3.57 Å². The molecule has 0 aliphatic carbocycles. The smallest absolute Gasteiger partial charge is 0.276 e. The third kappa shape index (κ3) is 4.92. The number of carbonyl (C=O) groups excluding carboxylic acids is 1. The minimum absolute atomic E-state index is 0.169. The molecule has 1 amide bonds. The molecule has 1 N–H and O–H groups in total. The number of nitrogens with zero attached hydrogens (tertiary/aromatic N) is 2.